The Kier molecular flexibility index (Phi) is 4.90. The van der Waals surface area contributed by atoms with E-state index >= 15 is 0 Å². The molecule has 1 aliphatic rings. The Bertz CT molecular complexity index is 162. The molecule has 0 aromatic rings. The van der Waals surface area contributed by atoms with Crippen LogP contribution in [-0.4, -0.2) is 34.9 Å². The van der Waals surface area contributed by atoms with E-state index in [1.165, 1.54) is 0 Å². The van der Waals surface area contributed by atoms with Crippen LogP contribution in [0.2, 0.25) is 0 Å². The van der Waals surface area contributed by atoms with Crippen LogP contribution in [0, 0.1) is 0 Å². The summed E-state index contributed by atoms with van der Waals surface area (Å²) in [4.78, 5) is 9.00. The third kappa shape index (κ3) is 7.70. The Morgan fingerprint density at radius 2 is 2.00 bits per heavy atom. The highest BCUT2D eigenvalue weighted by atomic mass is 16.8. The fourth-order valence-corrected chi connectivity index (χ4v) is 0.826. The molecule has 1 aliphatic heterocycles. The summed E-state index contributed by atoms with van der Waals surface area (Å²) in [6.45, 7) is 5.24. The average Bonchev–Trinajstić information content (AvgIpc) is 1.81. The molecule has 1 heterocycles. The summed E-state index contributed by atoms with van der Waals surface area (Å²) in [6.07, 6.45) is -0.0718. The van der Waals surface area contributed by atoms with Gasteiger partial charge < -0.3 is 19.7 Å². The molecular formula is C8H16O5. The van der Waals surface area contributed by atoms with Gasteiger partial charge in [0.1, 0.15) is 0 Å². The molecule has 1 saturated heterocycles. The summed E-state index contributed by atoms with van der Waals surface area (Å²) in [6, 6.07) is 0. The molecule has 5 heteroatoms. The van der Waals surface area contributed by atoms with Crippen molar-refractivity contribution in [1.29, 1.82) is 0 Å². The molecule has 1 rings (SSSR count). The zero-order valence-corrected chi connectivity index (χ0v) is 8.11. The van der Waals surface area contributed by atoms with Gasteiger partial charge in [-0.05, 0) is 13.8 Å². The summed E-state index contributed by atoms with van der Waals surface area (Å²) in [7, 11) is 0. The van der Waals surface area contributed by atoms with Gasteiger partial charge in [0, 0.05) is 13.3 Å². The average molecular weight is 192 g/mol. The minimum absolute atomic E-state index is 0.573. The Morgan fingerprint density at radius 3 is 2.23 bits per heavy atom. The zero-order valence-electron chi connectivity index (χ0n) is 8.11. The highest BCUT2D eigenvalue weighted by Gasteiger charge is 2.27. The van der Waals surface area contributed by atoms with E-state index in [9.17, 15) is 0 Å². The molecule has 0 radical (unpaired) electrons. The molecule has 78 valence electrons. The second-order valence-electron chi connectivity index (χ2n) is 3.13. The lowest BCUT2D eigenvalue weighted by molar-refractivity contribution is -0.319. The van der Waals surface area contributed by atoms with E-state index in [0.717, 1.165) is 6.92 Å². The van der Waals surface area contributed by atoms with Crippen LogP contribution in [0.25, 0.3) is 0 Å². The highest BCUT2D eigenvalue weighted by molar-refractivity contribution is 5.62. The van der Waals surface area contributed by atoms with Gasteiger partial charge in [-0.1, -0.05) is 0 Å². The van der Waals surface area contributed by atoms with E-state index < -0.39 is 18.0 Å². The molecule has 1 unspecified atom stereocenters. The molecule has 0 aliphatic carbocycles. The van der Waals surface area contributed by atoms with Gasteiger partial charge in [-0.2, -0.15) is 0 Å². The number of ether oxygens (including phenoxy) is 2. The molecule has 0 spiro atoms. The van der Waals surface area contributed by atoms with Gasteiger partial charge in [-0.25, -0.2) is 0 Å². The number of aliphatic hydroxyl groups is 1. The van der Waals surface area contributed by atoms with Gasteiger partial charge in [0.15, 0.2) is 12.1 Å². The van der Waals surface area contributed by atoms with Crippen molar-refractivity contribution in [2.45, 2.75) is 39.3 Å². The van der Waals surface area contributed by atoms with E-state index in [2.05, 4.69) is 0 Å². The molecule has 1 atom stereocenters. The summed E-state index contributed by atoms with van der Waals surface area (Å²) >= 11 is 0. The van der Waals surface area contributed by atoms with E-state index in [1.807, 2.05) is 0 Å². The number of hydrogen-bond acceptors (Lipinski definition) is 4. The zero-order chi connectivity index (χ0) is 10.5. The third-order valence-corrected chi connectivity index (χ3v) is 1.23. The maximum atomic E-state index is 9.00. The quantitative estimate of drug-likeness (QED) is 0.586. The van der Waals surface area contributed by atoms with Crippen LogP contribution >= 0.6 is 0 Å². The Balaban J connectivity index is 0.000000310. The predicted octanol–water partition coefficient (Wildman–Crippen LogP) is 0.569. The topological polar surface area (TPSA) is 76.0 Å². The molecule has 0 aromatic heterocycles. The Labute approximate surface area is 77.3 Å². The largest absolute Gasteiger partial charge is 0.481 e. The second kappa shape index (κ2) is 5.16. The van der Waals surface area contributed by atoms with Crippen LogP contribution < -0.4 is 0 Å². The molecule has 0 aromatic carbocycles. The van der Waals surface area contributed by atoms with Crippen molar-refractivity contribution in [1.82, 2.24) is 0 Å². The number of aliphatic hydroxyl groups excluding tert-OH is 1. The first kappa shape index (κ1) is 12.3. The molecule has 13 heavy (non-hydrogen) atoms. The van der Waals surface area contributed by atoms with Gasteiger partial charge in [0.05, 0.1) is 6.61 Å². The van der Waals surface area contributed by atoms with Gasteiger partial charge in [-0.3, -0.25) is 4.79 Å². The molecular weight excluding hydrogens is 176 g/mol. The standard InChI is InChI=1S/C6H12O3.C2H4O2/c1-6(2)8-4-3-5(7)9-6;1-2(3)4/h5,7H,3-4H2,1-2H3;1H3,(H,3,4). The molecule has 0 bridgehead atoms. The fraction of sp³-hybridized carbons (Fsp3) is 0.875. The van der Waals surface area contributed by atoms with Crippen molar-refractivity contribution in [3.8, 4) is 0 Å². The number of rotatable bonds is 0. The molecule has 5 nitrogen and oxygen atoms in total. The van der Waals surface area contributed by atoms with Gasteiger partial charge in [0.2, 0.25) is 0 Å². The summed E-state index contributed by atoms with van der Waals surface area (Å²) in [5.74, 6) is -1.43. The van der Waals surface area contributed by atoms with E-state index in [4.69, 9.17) is 24.5 Å². The van der Waals surface area contributed by atoms with E-state index in [-0.39, 0.29) is 0 Å². The maximum Gasteiger partial charge on any atom is 0.300 e. The molecule has 2 N–H and O–H groups in total. The lowest BCUT2D eigenvalue weighted by Gasteiger charge is -2.33. The smallest absolute Gasteiger partial charge is 0.300 e. The van der Waals surface area contributed by atoms with Crippen molar-refractivity contribution in [3.05, 3.63) is 0 Å². The van der Waals surface area contributed by atoms with Crippen molar-refractivity contribution in [2.24, 2.45) is 0 Å². The van der Waals surface area contributed by atoms with Crippen LogP contribution in [-0.2, 0) is 14.3 Å². The second-order valence-corrected chi connectivity index (χ2v) is 3.13. The number of aliphatic carboxylic acids is 1. The number of carbonyl (C=O) groups is 1. The summed E-state index contributed by atoms with van der Waals surface area (Å²) in [5, 5.41) is 16.4. The van der Waals surface area contributed by atoms with Crippen LogP contribution in [0.15, 0.2) is 0 Å². The third-order valence-electron chi connectivity index (χ3n) is 1.23. The first-order valence-corrected chi connectivity index (χ1v) is 4.03. The Morgan fingerprint density at radius 1 is 1.54 bits per heavy atom. The minimum atomic E-state index is -0.833. The van der Waals surface area contributed by atoms with Crippen LogP contribution in [0.1, 0.15) is 27.2 Å². The number of carboxylic acids is 1. The molecule has 1 fully saturated rings. The predicted molar refractivity (Wildman–Crippen MR) is 45.0 cm³/mol. The number of hydrogen-bond donors (Lipinski definition) is 2. The van der Waals surface area contributed by atoms with Crippen molar-refractivity contribution < 1.29 is 24.5 Å². The summed E-state index contributed by atoms with van der Waals surface area (Å²) < 4.78 is 10.2. The van der Waals surface area contributed by atoms with Crippen molar-refractivity contribution in [2.75, 3.05) is 6.61 Å². The van der Waals surface area contributed by atoms with Crippen molar-refractivity contribution >= 4 is 5.97 Å². The highest BCUT2D eigenvalue weighted by Crippen LogP contribution is 2.19. The SMILES string of the molecule is CC(=O)O.CC1(C)OCCC(O)O1. The van der Waals surface area contributed by atoms with Gasteiger partial charge in [-0.15, -0.1) is 0 Å². The molecule has 0 saturated carbocycles. The Hall–Kier alpha value is -0.650. The van der Waals surface area contributed by atoms with Gasteiger partial charge >= 0.3 is 0 Å². The van der Waals surface area contributed by atoms with Crippen LogP contribution in [0.5, 0.6) is 0 Å². The lowest BCUT2D eigenvalue weighted by atomic mass is 10.3. The monoisotopic (exact) mass is 192 g/mol. The van der Waals surface area contributed by atoms with E-state index in [1.54, 1.807) is 13.8 Å². The fourth-order valence-electron chi connectivity index (χ4n) is 0.826. The number of carboxylic acid groups (broad SMARTS) is 1. The van der Waals surface area contributed by atoms with Crippen LogP contribution in [0.4, 0.5) is 0 Å². The van der Waals surface area contributed by atoms with Crippen molar-refractivity contribution in [3.63, 3.8) is 0 Å². The maximum absolute atomic E-state index is 9.00. The van der Waals surface area contributed by atoms with Gasteiger partial charge in [0.25, 0.3) is 5.97 Å². The first-order chi connectivity index (χ1) is 5.83. The van der Waals surface area contributed by atoms with Crippen LogP contribution in [0.3, 0.4) is 0 Å². The minimum Gasteiger partial charge on any atom is -0.481 e. The summed E-state index contributed by atoms with van der Waals surface area (Å²) in [5.41, 5.74) is 0. The lowest BCUT2D eigenvalue weighted by Crippen LogP contribution is -2.39. The normalized spacial score (nSPS) is 25.7. The van der Waals surface area contributed by atoms with E-state index in [0.29, 0.717) is 13.0 Å². The first-order valence-electron chi connectivity index (χ1n) is 4.03. The molecule has 0 amide bonds.